The molecule has 0 aromatic heterocycles. The van der Waals surface area contributed by atoms with Crippen molar-refractivity contribution >= 4 is 21.8 Å². The Morgan fingerprint density at radius 1 is 1.47 bits per heavy atom. The highest BCUT2D eigenvalue weighted by Crippen LogP contribution is 2.19. The Labute approximate surface area is 120 Å². The van der Waals surface area contributed by atoms with Crippen molar-refractivity contribution in [3.05, 3.63) is 34.1 Å². The van der Waals surface area contributed by atoms with Crippen molar-refractivity contribution in [1.29, 1.82) is 0 Å². The Balaban J connectivity index is 1.81. The zero-order chi connectivity index (χ0) is 13.8. The van der Waals surface area contributed by atoms with Crippen LogP contribution in [0, 0.1) is 5.82 Å². The summed E-state index contributed by atoms with van der Waals surface area (Å²) in [4.78, 5) is 11.8. The van der Waals surface area contributed by atoms with Crippen molar-refractivity contribution in [2.24, 2.45) is 5.73 Å². The van der Waals surface area contributed by atoms with Gasteiger partial charge in [0.05, 0.1) is 0 Å². The molecular weight excluding hydrogens is 311 g/mol. The summed E-state index contributed by atoms with van der Waals surface area (Å²) < 4.78 is 14.3. The molecule has 1 aliphatic rings. The molecule has 0 bridgehead atoms. The average Bonchev–Trinajstić information content (AvgIpc) is 2.76. The number of aryl methyl sites for hydroxylation is 1. The van der Waals surface area contributed by atoms with E-state index in [1.54, 1.807) is 12.1 Å². The highest BCUT2D eigenvalue weighted by molar-refractivity contribution is 9.10. The molecule has 0 saturated heterocycles. The Morgan fingerprint density at radius 2 is 2.26 bits per heavy atom. The van der Waals surface area contributed by atoms with Gasteiger partial charge in [-0.15, -0.1) is 0 Å². The zero-order valence-electron chi connectivity index (χ0n) is 10.7. The summed E-state index contributed by atoms with van der Waals surface area (Å²) in [5.41, 5.74) is 6.36. The average molecular weight is 329 g/mol. The Bertz CT molecular complexity index is 467. The molecule has 1 aromatic rings. The topological polar surface area (TPSA) is 55.1 Å². The molecule has 1 aromatic carbocycles. The van der Waals surface area contributed by atoms with E-state index >= 15 is 0 Å². The summed E-state index contributed by atoms with van der Waals surface area (Å²) in [7, 11) is 0. The molecule has 5 heteroatoms. The number of carbonyl (C=O) groups is 1. The van der Waals surface area contributed by atoms with Crippen molar-refractivity contribution in [2.75, 3.05) is 0 Å². The quantitative estimate of drug-likeness (QED) is 0.892. The third-order valence-electron chi connectivity index (χ3n) is 3.47. The lowest BCUT2D eigenvalue weighted by atomic mass is 10.1. The summed E-state index contributed by atoms with van der Waals surface area (Å²) in [5.74, 6) is -0.294. The predicted molar refractivity (Wildman–Crippen MR) is 76.2 cm³/mol. The van der Waals surface area contributed by atoms with Crippen LogP contribution in [-0.4, -0.2) is 18.0 Å². The molecule has 0 aliphatic heterocycles. The summed E-state index contributed by atoms with van der Waals surface area (Å²) in [6.45, 7) is 0. The fourth-order valence-corrected chi connectivity index (χ4v) is 2.84. The van der Waals surface area contributed by atoms with Crippen molar-refractivity contribution in [2.45, 2.75) is 44.2 Å². The van der Waals surface area contributed by atoms with Crippen LogP contribution >= 0.6 is 15.9 Å². The van der Waals surface area contributed by atoms with E-state index in [0.717, 1.165) is 23.7 Å². The van der Waals surface area contributed by atoms with E-state index in [2.05, 4.69) is 21.2 Å². The number of benzene rings is 1. The van der Waals surface area contributed by atoms with E-state index in [1.807, 2.05) is 0 Å². The summed E-state index contributed by atoms with van der Waals surface area (Å²) in [6.07, 6.45) is 3.47. The number of rotatable bonds is 4. The Morgan fingerprint density at radius 3 is 2.95 bits per heavy atom. The molecule has 1 fully saturated rings. The second-order valence-electron chi connectivity index (χ2n) is 5.07. The standard InChI is InChI=1S/C14H18BrFN2O/c15-10-2-5-13(16)9(7-10)1-6-14(19)18-12-4-3-11(17)8-12/h2,5,7,11-12H,1,3-4,6,8,17H2,(H,18,19). The minimum absolute atomic E-state index is 0.0292. The van der Waals surface area contributed by atoms with E-state index in [0.29, 0.717) is 18.4 Å². The lowest BCUT2D eigenvalue weighted by Gasteiger charge is -2.12. The number of nitrogens with one attached hydrogen (secondary N) is 1. The van der Waals surface area contributed by atoms with Gasteiger partial charge in [-0.3, -0.25) is 4.79 Å². The van der Waals surface area contributed by atoms with Crippen LogP contribution in [0.25, 0.3) is 0 Å². The molecule has 104 valence electrons. The summed E-state index contributed by atoms with van der Waals surface area (Å²) in [6, 6.07) is 5.17. The number of hydrogen-bond acceptors (Lipinski definition) is 2. The second kappa shape index (κ2) is 6.48. The molecule has 2 rings (SSSR count). The number of nitrogens with two attached hydrogens (primary N) is 1. The Hall–Kier alpha value is -0.940. The first-order chi connectivity index (χ1) is 9.04. The molecule has 2 unspecified atom stereocenters. The fraction of sp³-hybridized carbons (Fsp3) is 0.500. The normalized spacial score (nSPS) is 22.5. The van der Waals surface area contributed by atoms with Crippen LogP contribution in [0.4, 0.5) is 4.39 Å². The van der Waals surface area contributed by atoms with Gasteiger partial charge in [-0.05, 0) is 49.4 Å². The van der Waals surface area contributed by atoms with Crippen molar-refractivity contribution < 1.29 is 9.18 Å². The minimum Gasteiger partial charge on any atom is -0.353 e. The first kappa shape index (κ1) is 14.5. The predicted octanol–water partition coefficient (Wildman–Crippen LogP) is 2.52. The molecule has 0 heterocycles. The third kappa shape index (κ3) is 4.28. The summed E-state index contributed by atoms with van der Waals surface area (Å²) >= 11 is 3.30. The maximum absolute atomic E-state index is 13.5. The zero-order valence-corrected chi connectivity index (χ0v) is 12.2. The van der Waals surface area contributed by atoms with E-state index in [9.17, 15) is 9.18 Å². The lowest BCUT2D eigenvalue weighted by molar-refractivity contribution is -0.121. The van der Waals surface area contributed by atoms with E-state index in [4.69, 9.17) is 5.73 Å². The Kier molecular flexibility index (Phi) is 4.93. The van der Waals surface area contributed by atoms with Crippen LogP contribution < -0.4 is 11.1 Å². The monoisotopic (exact) mass is 328 g/mol. The van der Waals surface area contributed by atoms with Gasteiger partial charge in [0.25, 0.3) is 0 Å². The van der Waals surface area contributed by atoms with Crippen molar-refractivity contribution in [1.82, 2.24) is 5.32 Å². The van der Waals surface area contributed by atoms with Crippen LogP contribution in [0.15, 0.2) is 22.7 Å². The highest BCUT2D eigenvalue weighted by atomic mass is 79.9. The SMILES string of the molecule is NC1CCC(NC(=O)CCc2cc(Br)ccc2F)C1. The van der Waals surface area contributed by atoms with E-state index in [-0.39, 0.29) is 23.8 Å². The molecule has 3 N–H and O–H groups in total. The summed E-state index contributed by atoms with van der Waals surface area (Å²) in [5, 5.41) is 2.96. The number of halogens is 2. The second-order valence-corrected chi connectivity index (χ2v) is 5.99. The molecule has 0 spiro atoms. The van der Waals surface area contributed by atoms with E-state index in [1.165, 1.54) is 6.07 Å². The molecule has 1 aliphatic carbocycles. The molecule has 1 amide bonds. The first-order valence-corrected chi connectivity index (χ1v) is 7.33. The highest BCUT2D eigenvalue weighted by Gasteiger charge is 2.22. The number of carbonyl (C=O) groups excluding carboxylic acids is 1. The van der Waals surface area contributed by atoms with Gasteiger partial charge in [0.1, 0.15) is 5.82 Å². The van der Waals surface area contributed by atoms with Gasteiger partial charge >= 0.3 is 0 Å². The molecule has 1 saturated carbocycles. The van der Waals surface area contributed by atoms with Crippen molar-refractivity contribution in [3.8, 4) is 0 Å². The van der Waals surface area contributed by atoms with Gasteiger partial charge in [-0.2, -0.15) is 0 Å². The van der Waals surface area contributed by atoms with Gasteiger partial charge in [0.15, 0.2) is 0 Å². The molecular formula is C14H18BrFN2O. The van der Waals surface area contributed by atoms with Crippen LogP contribution in [0.5, 0.6) is 0 Å². The third-order valence-corrected chi connectivity index (χ3v) is 3.96. The fourth-order valence-electron chi connectivity index (χ4n) is 2.43. The van der Waals surface area contributed by atoms with Gasteiger partial charge in [0.2, 0.25) is 5.91 Å². The first-order valence-electron chi connectivity index (χ1n) is 6.53. The van der Waals surface area contributed by atoms with Gasteiger partial charge < -0.3 is 11.1 Å². The molecule has 2 atom stereocenters. The van der Waals surface area contributed by atoms with Crippen LogP contribution in [0.3, 0.4) is 0 Å². The lowest BCUT2D eigenvalue weighted by Crippen LogP contribution is -2.34. The minimum atomic E-state index is -0.265. The van der Waals surface area contributed by atoms with Gasteiger partial charge in [-0.1, -0.05) is 15.9 Å². The number of hydrogen-bond donors (Lipinski definition) is 2. The maximum atomic E-state index is 13.5. The number of amides is 1. The molecule has 3 nitrogen and oxygen atoms in total. The van der Waals surface area contributed by atoms with E-state index < -0.39 is 0 Å². The van der Waals surface area contributed by atoms with Gasteiger partial charge in [-0.25, -0.2) is 4.39 Å². The van der Waals surface area contributed by atoms with Crippen LogP contribution in [0.2, 0.25) is 0 Å². The van der Waals surface area contributed by atoms with Crippen LogP contribution in [-0.2, 0) is 11.2 Å². The molecule has 19 heavy (non-hydrogen) atoms. The van der Waals surface area contributed by atoms with Crippen LogP contribution in [0.1, 0.15) is 31.2 Å². The molecule has 0 radical (unpaired) electrons. The van der Waals surface area contributed by atoms with Crippen molar-refractivity contribution in [3.63, 3.8) is 0 Å². The smallest absolute Gasteiger partial charge is 0.220 e. The maximum Gasteiger partial charge on any atom is 0.220 e. The van der Waals surface area contributed by atoms with Gasteiger partial charge in [0, 0.05) is 23.0 Å². The largest absolute Gasteiger partial charge is 0.353 e.